The van der Waals surface area contributed by atoms with E-state index in [0.717, 1.165) is 25.9 Å². The van der Waals surface area contributed by atoms with Crippen LogP contribution in [0.4, 0.5) is 26.3 Å². The highest BCUT2D eigenvalue weighted by molar-refractivity contribution is 5.87. The average molecular weight is 544 g/mol. The highest BCUT2D eigenvalue weighted by atomic mass is 19.4. The first kappa shape index (κ1) is 27.9. The van der Waals surface area contributed by atoms with Crippen LogP contribution < -0.4 is 5.32 Å². The second kappa shape index (κ2) is 11.3. The Balaban J connectivity index is 1.53. The van der Waals surface area contributed by atoms with Crippen molar-refractivity contribution in [1.82, 2.24) is 15.1 Å². The lowest BCUT2D eigenvalue weighted by Crippen LogP contribution is -2.60. The van der Waals surface area contributed by atoms with Gasteiger partial charge in [-0.15, -0.1) is 0 Å². The van der Waals surface area contributed by atoms with Crippen molar-refractivity contribution in [3.63, 3.8) is 0 Å². The van der Waals surface area contributed by atoms with Crippen molar-refractivity contribution >= 4 is 11.8 Å². The van der Waals surface area contributed by atoms with Crippen LogP contribution in [0.1, 0.15) is 41.1 Å². The van der Waals surface area contributed by atoms with Gasteiger partial charge in [0.1, 0.15) is 6.54 Å². The van der Waals surface area contributed by atoms with E-state index in [9.17, 15) is 35.9 Å². The molecule has 2 aliphatic heterocycles. The summed E-state index contributed by atoms with van der Waals surface area (Å²) in [4.78, 5) is 29.2. The summed E-state index contributed by atoms with van der Waals surface area (Å²) in [5, 5.41) is 2.77. The Labute approximate surface area is 215 Å². The molecule has 38 heavy (non-hydrogen) atoms. The van der Waals surface area contributed by atoms with Crippen molar-refractivity contribution in [2.45, 2.75) is 43.9 Å². The van der Waals surface area contributed by atoms with Crippen molar-refractivity contribution in [3.05, 3.63) is 70.8 Å². The van der Waals surface area contributed by atoms with E-state index in [1.54, 1.807) is 30.3 Å². The number of likely N-dealkylation sites (tertiary alicyclic amines) is 1. The Morgan fingerprint density at radius 2 is 1.55 bits per heavy atom. The van der Waals surface area contributed by atoms with Gasteiger partial charge < -0.3 is 15.0 Å². The largest absolute Gasteiger partial charge is 0.416 e. The van der Waals surface area contributed by atoms with Gasteiger partial charge in [0.25, 0.3) is 0 Å². The first-order chi connectivity index (χ1) is 17.9. The zero-order valence-electron chi connectivity index (χ0n) is 20.3. The number of carbonyl (C=O) groups excluding carboxylic acids is 2. The fraction of sp³-hybridized carbons (Fsp3) is 0.462. The standard InChI is InChI=1S/C26H27F6N3O3/c27-25(28,29)19-10-17(11-20(12-19)26(30,31)32)15-38-16-21-24(18-6-2-1-3-7-18)35(13-22(36)33-21)23(37)14-34-8-4-5-9-34/h1-3,6-7,10-12,21,24H,4-5,8-9,13-16H2,(H,33,36)/t21-,24+/m1/s1. The molecule has 0 spiro atoms. The molecule has 2 amide bonds. The zero-order valence-corrected chi connectivity index (χ0v) is 20.3. The van der Waals surface area contributed by atoms with Gasteiger partial charge in [-0.2, -0.15) is 26.3 Å². The molecule has 2 aliphatic rings. The zero-order chi connectivity index (χ0) is 27.5. The molecule has 0 aliphatic carbocycles. The monoisotopic (exact) mass is 543 g/mol. The smallest absolute Gasteiger partial charge is 0.375 e. The van der Waals surface area contributed by atoms with Crippen LogP contribution in [-0.4, -0.2) is 60.4 Å². The molecule has 2 atom stereocenters. The summed E-state index contributed by atoms with van der Waals surface area (Å²) in [7, 11) is 0. The van der Waals surface area contributed by atoms with Gasteiger partial charge in [0.15, 0.2) is 0 Å². The first-order valence-corrected chi connectivity index (χ1v) is 12.1. The minimum absolute atomic E-state index is 0.0557. The highest BCUT2D eigenvalue weighted by Crippen LogP contribution is 2.36. The molecule has 6 nitrogen and oxygen atoms in total. The maximum absolute atomic E-state index is 13.2. The van der Waals surface area contributed by atoms with E-state index < -0.39 is 48.1 Å². The molecule has 0 radical (unpaired) electrons. The molecule has 0 unspecified atom stereocenters. The minimum atomic E-state index is -4.97. The number of rotatable bonds is 7. The quantitative estimate of drug-likeness (QED) is 0.526. The lowest BCUT2D eigenvalue weighted by Gasteiger charge is -2.42. The van der Waals surface area contributed by atoms with Crippen LogP contribution in [0.15, 0.2) is 48.5 Å². The molecule has 0 saturated carbocycles. The predicted molar refractivity (Wildman–Crippen MR) is 125 cm³/mol. The topological polar surface area (TPSA) is 61.9 Å². The number of hydrogen-bond acceptors (Lipinski definition) is 4. The number of nitrogens with one attached hydrogen (secondary N) is 1. The normalized spacial score (nSPS) is 21.0. The number of ether oxygens (including phenoxy) is 1. The third-order valence-electron chi connectivity index (χ3n) is 6.61. The number of amides is 2. The van der Waals surface area contributed by atoms with Crippen LogP contribution in [0, 0.1) is 0 Å². The molecule has 2 saturated heterocycles. The van der Waals surface area contributed by atoms with Gasteiger partial charge in [0.05, 0.1) is 43.0 Å². The summed E-state index contributed by atoms with van der Waals surface area (Å²) >= 11 is 0. The van der Waals surface area contributed by atoms with Crippen LogP contribution in [0.5, 0.6) is 0 Å². The Morgan fingerprint density at radius 1 is 0.947 bits per heavy atom. The Hall–Kier alpha value is -3.12. The van der Waals surface area contributed by atoms with Crippen LogP contribution in [-0.2, 0) is 33.3 Å². The number of benzene rings is 2. The van der Waals surface area contributed by atoms with Crippen molar-refractivity contribution in [1.29, 1.82) is 0 Å². The van der Waals surface area contributed by atoms with Crippen LogP contribution in [0.3, 0.4) is 0 Å². The van der Waals surface area contributed by atoms with Gasteiger partial charge in [-0.3, -0.25) is 14.5 Å². The molecule has 206 valence electrons. The van der Waals surface area contributed by atoms with Crippen molar-refractivity contribution < 1.29 is 40.7 Å². The summed E-state index contributed by atoms with van der Waals surface area (Å²) in [6, 6.07) is 8.78. The number of piperazine rings is 1. The number of hydrogen-bond donors (Lipinski definition) is 1. The van der Waals surface area contributed by atoms with Gasteiger partial charge in [-0.05, 0) is 55.3 Å². The maximum atomic E-state index is 13.2. The summed E-state index contributed by atoms with van der Waals surface area (Å²) in [6.45, 7) is 0.745. The van der Waals surface area contributed by atoms with Gasteiger partial charge in [0, 0.05) is 0 Å². The summed E-state index contributed by atoms with van der Waals surface area (Å²) < 4.78 is 84.8. The highest BCUT2D eigenvalue weighted by Gasteiger charge is 2.40. The van der Waals surface area contributed by atoms with Gasteiger partial charge in [0.2, 0.25) is 11.8 Å². The molecular weight excluding hydrogens is 516 g/mol. The minimum Gasteiger partial charge on any atom is -0.375 e. The van der Waals surface area contributed by atoms with Gasteiger partial charge in [-0.25, -0.2) is 0 Å². The third-order valence-corrected chi connectivity index (χ3v) is 6.61. The second-order valence-electron chi connectivity index (χ2n) is 9.46. The van der Waals surface area contributed by atoms with Crippen molar-refractivity contribution in [3.8, 4) is 0 Å². The summed E-state index contributed by atoms with van der Waals surface area (Å²) in [5.41, 5.74) is -2.46. The molecule has 2 aromatic carbocycles. The van der Waals surface area contributed by atoms with Crippen LogP contribution >= 0.6 is 0 Å². The van der Waals surface area contributed by atoms with E-state index in [-0.39, 0.29) is 37.2 Å². The summed E-state index contributed by atoms with van der Waals surface area (Å²) in [6.07, 6.45) is -7.97. The van der Waals surface area contributed by atoms with E-state index in [4.69, 9.17) is 4.74 Å². The average Bonchev–Trinajstić information content (AvgIpc) is 3.36. The molecule has 2 fully saturated rings. The van der Waals surface area contributed by atoms with Gasteiger partial charge >= 0.3 is 12.4 Å². The van der Waals surface area contributed by atoms with Crippen LogP contribution in [0.2, 0.25) is 0 Å². The van der Waals surface area contributed by atoms with E-state index in [1.807, 2.05) is 4.90 Å². The Morgan fingerprint density at radius 3 is 2.13 bits per heavy atom. The first-order valence-electron chi connectivity index (χ1n) is 12.1. The lowest BCUT2D eigenvalue weighted by molar-refractivity contribution is -0.145. The molecular formula is C26H27F6N3O3. The lowest BCUT2D eigenvalue weighted by atomic mass is 9.95. The Bertz CT molecular complexity index is 1100. The second-order valence-corrected chi connectivity index (χ2v) is 9.46. The number of alkyl halides is 6. The molecule has 12 heteroatoms. The molecule has 4 rings (SSSR count). The summed E-state index contributed by atoms with van der Waals surface area (Å²) in [5.74, 6) is -0.674. The Kier molecular flexibility index (Phi) is 8.31. The predicted octanol–water partition coefficient (Wildman–Crippen LogP) is 4.40. The number of carbonyl (C=O) groups is 2. The van der Waals surface area contributed by atoms with Crippen molar-refractivity contribution in [2.24, 2.45) is 0 Å². The van der Waals surface area contributed by atoms with Crippen LogP contribution in [0.25, 0.3) is 0 Å². The number of halogens is 6. The van der Waals surface area contributed by atoms with E-state index in [2.05, 4.69) is 5.32 Å². The molecule has 0 aromatic heterocycles. The number of nitrogens with zero attached hydrogens (tertiary/aromatic N) is 2. The maximum Gasteiger partial charge on any atom is 0.416 e. The molecule has 0 bridgehead atoms. The fourth-order valence-electron chi connectivity index (χ4n) is 4.87. The van der Waals surface area contributed by atoms with E-state index in [1.165, 1.54) is 4.90 Å². The van der Waals surface area contributed by atoms with Crippen molar-refractivity contribution in [2.75, 3.05) is 32.8 Å². The van der Waals surface area contributed by atoms with Gasteiger partial charge in [-0.1, -0.05) is 30.3 Å². The molecule has 2 aromatic rings. The fourth-order valence-corrected chi connectivity index (χ4v) is 4.87. The molecule has 2 heterocycles. The third kappa shape index (κ3) is 6.84. The van der Waals surface area contributed by atoms with E-state index >= 15 is 0 Å². The SMILES string of the molecule is O=C1CN(C(=O)CN2CCCC2)[C@@H](c2ccccc2)[C@@H](COCc2cc(C(F)(F)F)cc(C(F)(F)F)c2)N1. The molecule has 1 N–H and O–H groups in total. The van der Waals surface area contributed by atoms with E-state index in [0.29, 0.717) is 17.7 Å².